The summed E-state index contributed by atoms with van der Waals surface area (Å²) in [6.07, 6.45) is 23.1. The minimum atomic E-state index is 0.172. The van der Waals surface area contributed by atoms with Gasteiger partial charge in [-0.1, -0.05) is 103 Å². The lowest BCUT2D eigenvalue weighted by Gasteiger charge is -2.23. The number of methoxy groups -OCH3 is 1. The standard InChI is InChI=1S/C37H52O3/c1-5-10-26(2)13-14-27(3)11-8-6-7-9-12-28(25-40-4)15-16-29-23-31(38)24-30-17-18-33-32-21-22-36(39)34(32)19-20-35(33)37(29)30/h17-24,26-29,38-39H,5-16,25H2,1-4H3/t26?,27?,28?,29-/m0/s1. The molecule has 0 amide bonds. The molecule has 3 nitrogen and oxygen atoms in total. The second kappa shape index (κ2) is 14.9. The summed E-state index contributed by atoms with van der Waals surface area (Å²) in [6, 6.07) is 8.43. The third kappa shape index (κ3) is 7.81. The molecule has 2 aliphatic carbocycles. The lowest BCUT2D eigenvalue weighted by molar-refractivity contribution is 0.139. The molecular formula is C37H52O3. The number of hydrogen-bond acceptors (Lipinski definition) is 3. The molecule has 218 valence electrons. The fraction of sp³-hybridized carbons (Fsp3) is 0.568. The summed E-state index contributed by atoms with van der Waals surface area (Å²) in [5.74, 6) is 3.16. The van der Waals surface area contributed by atoms with E-state index in [1.165, 1.54) is 80.5 Å². The van der Waals surface area contributed by atoms with Crippen LogP contribution in [0.25, 0.3) is 28.7 Å². The maximum absolute atomic E-state index is 10.5. The predicted molar refractivity (Wildman–Crippen MR) is 171 cm³/mol. The van der Waals surface area contributed by atoms with Crippen molar-refractivity contribution >= 4 is 28.7 Å². The van der Waals surface area contributed by atoms with E-state index in [1.54, 1.807) is 6.08 Å². The van der Waals surface area contributed by atoms with E-state index in [0.717, 1.165) is 47.3 Å². The molecule has 40 heavy (non-hydrogen) atoms. The molecule has 4 rings (SSSR count). The van der Waals surface area contributed by atoms with E-state index in [1.807, 2.05) is 31.4 Å². The third-order valence-corrected chi connectivity index (χ3v) is 9.33. The summed E-state index contributed by atoms with van der Waals surface area (Å²) >= 11 is 0. The topological polar surface area (TPSA) is 49.7 Å². The Morgan fingerprint density at radius 3 is 2.27 bits per heavy atom. The van der Waals surface area contributed by atoms with Crippen molar-refractivity contribution in [2.75, 3.05) is 13.7 Å². The zero-order chi connectivity index (χ0) is 28.5. The fourth-order valence-electron chi connectivity index (χ4n) is 6.98. The van der Waals surface area contributed by atoms with Crippen LogP contribution in [0.1, 0.15) is 115 Å². The first-order valence-electron chi connectivity index (χ1n) is 16.0. The Morgan fingerprint density at radius 2 is 1.52 bits per heavy atom. The second-order valence-electron chi connectivity index (χ2n) is 12.7. The van der Waals surface area contributed by atoms with Crippen molar-refractivity contribution in [3.8, 4) is 0 Å². The largest absolute Gasteiger partial charge is 0.508 e. The van der Waals surface area contributed by atoms with Gasteiger partial charge in [0.15, 0.2) is 0 Å². The number of allylic oxidation sites excluding steroid dienone is 2. The predicted octanol–water partition coefficient (Wildman–Crippen LogP) is 9.09. The van der Waals surface area contributed by atoms with E-state index >= 15 is 0 Å². The van der Waals surface area contributed by atoms with Crippen LogP contribution in [0.2, 0.25) is 0 Å². The normalized spacial score (nSPS) is 18.2. The van der Waals surface area contributed by atoms with Gasteiger partial charge in [0.25, 0.3) is 0 Å². The summed E-state index contributed by atoms with van der Waals surface area (Å²) < 4.78 is 5.63. The maximum Gasteiger partial charge on any atom is 0.123 e. The number of unbranched alkanes of at least 4 members (excludes halogenated alkanes) is 3. The van der Waals surface area contributed by atoms with Gasteiger partial charge < -0.3 is 14.9 Å². The van der Waals surface area contributed by atoms with Crippen LogP contribution in [-0.2, 0) is 4.74 Å². The molecule has 0 aromatic heterocycles. The molecule has 0 radical (unpaired) electrons. The van der Waals surface area contributed by atoms with E-state index in [9.17, 15) is 10.2 Å². The highest BCUT2D eigenvalue weighted by Crippen LogP contribution is 2.34. The monoisotopic (exact) mass is 544 g/mol. The lowest BCUT2D eigenvalue weighted by Crippen LogP contribution is -2.20. The average molecular weight is 545 g/mol. The Hall–Kier alpha value is -2.52. The van der Waals surface area contributed by atoms with Gasteiger partial charge in [-0.2, -0.15) is 0 Å². The van der Waals surface area contributed by atoms with Gasteiger partial charge in [0.2, 0.25) is 0 Å². The van der Waals surface area contributed by atoms with Gasteiger partial charge in [0.05, 0.1) is 0 Å². The van der Waals surface area contributed by atoms with Crippen molar-refractivity contribution in [1.82, 2.24) is 0 Å². The molecule has 0 saturated carbocycles. The molecule has 2 aliphatic rings. The van der Waals surface area contributed by atoms with Crippen molar-refractivity contribution < 1.29 is 14.9 Å². The number of aliphatic hydroxyl groups is 2. The van der Waals surface area contributed by atoms with E-state index in [4.69, 9.17) is 4.74 Å². The smallest absolute Gasteiger partial charge is 0.123 e. The van der Waals surface area contributed by atoms with Gasteiger partial charge in [-0.25, -0.2) is 0 Å². The molecule has 0 aliphatic heterocycles. The minimum absolute atomic E-state index is 0.172. The maximum atomic E-state index is 10.5. The van der Waals surface area contributed by atoms with E-state index in [2.05, 4.69) is 39.0 Å². The Balaban J connectivity index is 1.30. The van der Waals surface area contributed by atoms with Crippen LogP contribution < -0.4 is 10.4 Å². The number of ether oxygens (including phenoxy) is 1. The van der Waals surface area contributed by atoms with Gasteiger partial charge in [-0.3, -0.25) is 0 Å². The SMILES string of the molecule is CCCC(C)CCC(C)CCCCCCC(CC[C@H]1C=C(O)C=c2ccc3c4c(ccc3c21)=C(O)C=C4)COC. The summed E-state index contributed by atoms with van der Waals surface area (Å²) in [5.41, 5.74) is 2.39. The molecule has 0 heterocycles. The van der Waals surface area contributed by atoms with Gasteiger partial charge >= 0.3 is 0 Å². The highest BCUT2D eigenvalue weighted by Gasteiger charge is 2.22. The van der Waals surface area contributed by atoms with Gasteiger partial charge in [-0.05, 0) is 88.4 Å². The molecule has 0 bridgehead atoms. The average Bonchev–Trinajstić information content (AvgIpc) is 3.32. The summed E-state index contributed by atoms with van der Waals surface area (Å²) in [6.45, 7) is 7.95. The number of aliphatic hydroxyl groups excluding tert-OH is 2. The van der Waals surface area contributed by atoms with Gasteiger partial charge in [0.1, 0.15) is 11.5 Å². The van der Waals surface area contributed by atoms with E-state index in [-0.39, 0.29) is 5.92 Å². The molecule has 4 atom stereocenters. The van der Waals surface area contributed by atoms with Crippen LogP contribution >= 0.6 is 0 Å². The third-order valence-electron chi connectivity index (χ3n) is 9.33. The van der Waals surface area contributed by atoms with Crippen LogP contribution in [0.5, 0.6) is 0 Å². The van der Waals surface area contributed by atoms with E-state index < -0.39 is 0 Å². The van der Waals surface area contributed by atoms with Gasteiger partial charge in [0, 0.05) is 24.9 Å². The zero-order valence-corrected chi connectivity index (χ0v) is 25.4. The number of benzene rings is 2. The molecule has 3 unspecified atom stereocenters. The van der Waals surface area contributed by atoms with Crippen molar-refractivity contribution in [1.29, 1.82) is 0 Å². The second-order valence-corrected chi connectivity index (χ2v) is 12.7. The molecular weight excluding hydrogens is 492 g/mol. The van der Waals surface area contributed by atoms with Crippen LogP contribution in [0.3, 0.4) is 0 Å². The van der Waals surface area contributed by atoms with Crippen LogP contribution in [0.15, 0.2) is 42.2 Å². The first kappa shape index (κ1) is 30.4. The summed E-state index contributed by atoms with van der Waals surface area (Å²) in [5, 5.41) is 25.2. The lowest BCUT2D eigenvalue weighted by atomic mass is 9.82. The zero-order valence-electron chi connectivity index (χ0n) is 25.4. The summed E-state index contributed by atoms with van der Waals surface area (Å²) in [4.78, 5) is 0. The summed E-state index contributed by atoms with van der Waals surface area (Å²) in [7, 11) is 1.82. The Labute approximate surface area is 242 Å². The number of rotatable bonds is 17. The number of fused-ring (bicyclic) bond motifs is 5. The van der Waals surface area contributed by atoms with Crippen LogP contribution in [-0.4, -0.2) is 23.9 Å². The number of hydrogen-bond donors (Lipinski definition) is 2. The Bertz CT molecular complexity index is 1300. The van der Waals surface area contributed by atoms with Crippen molar-refractivity contribution in [3.05, 3.63) is 63.7 Å². The van der Waals surface area contributed by atoms with E-state index in [0.29, 0.717) is 17.4 Å². The van der Waals surface area contributed by atoms with Crippen molar-refractivity contribution in [3.63, 3.8) is 0 Å². The molecule has 2 aromatic carbocycles. The highest BCUT2D eigenvalue weighted by atomic mass is 16.5. The fourth-order valence-corrected chi connectivity index (χ4v) is 6.98. The first-order valence-corrected chi connectivity index (χ1v) is 16.0. The van der Waals surface area contributed by atoms with Crippen molar-refractivity contribution in [2.45, 2.75) is 104 Å². The Kier molecular flexibility index (Phi) is 11.4. The van der Waals surface area contributed by atoms with Crippen LogP contribution in [0, 0.1) is 17.8 Å². The quantitative estimate of drug-likeness (QED) is 0.195. The molecule has 0 spiro atoms. The van der Waals surface area contributed by atoms with Gasteiger partial charge in [-0.15, -0.1) is 0 Å². The molecule has 2 N–H and O–H groups in total. The molecule has 3 heteroatoms. The Morgan fingerprint density at radius 1 is 0.800 bits per heavy atom. The minimum Gasteiger partial charge on any atom is -0.508 e. The van der Waals surface area contributed by atoms with Crippen molar-refractivity contribution in [2.24, 2.45) is 17.8 Å². The molecule has 0 saturated heterocycles. The first-order chi connectivity index (χ1) is 19.4. The molecule has 0 fully saturated rings. The van der Waals surface area contributed by atoms with Crippen LogP contribution in [0.4, 0.5) is 0 Å². The molecule has 2 aromatic rings. The highest BCUT2D eigenvalue weighted by molar-refractivity contribution is 5.97.